The van der Waals surface area contributed by atoms with Gasteiger partial charge in [0, 0.05) is 11.6 Å². The number of aryl methyl sites for hydroxylation is 1. The number of aliphatic hydroxyl groups excluding tert-OH is 1. The summed E-state index contributed by atoms with van der Waals surface area (Å²) in [7, 11) is 1.69. The molecule has 0 spiro atoms. The number of hydrogen-bond acceptors (Lipinski definition) is 4. The molecule has 0 fully saturated rings. The highest BCUT2D eigenvalue weighted by atomic mass is 16.5. The van der Waals surface area contributed by atoms with Crippen molar-refractivity contribution in [3.05, 3.63) is 23.8 Å². The van der Waals surface area contributed by atoms with E-state index in [9.17, 15) is 5.11 Å². The van der Waals surface area contributed by atoms with E-state index in [4.69, 9.17) is 15.2 Å². The lowest BCUT2D eigenvalue weighted by Crippen LogP contribution is -2.45. The van der Waals surface area contributed by atoms with Crippen molar-refractivity contribution in [2.45, 2.75) is 84.8 Å². The Bertz CT molecular complexity index is 544. The van der Waals surface area contributed by atoms with Gasteiger partial charge >= 0.3 is 0 Å². The highest BCUT2D eigenvalue weighted by Gasteiger charge is 2.25. The monoisotopic (exact) mass is 379 g/mol. The number of hydrogen-bond donors (Lipinski definition) is 2. The van der Waals surface area contributed by atoms with Gasteiger partial charge in [-0.25, -0.2) is 0 Å². The minimum absolute atomic E-state index is 0.00256. The zero-order chi connectivity index (χ0) is 20.4. The maximum absolute atomic E-state index is 9.71. The number of nitrogens with two attached hydrogens (primary N) is 1. The summed E-state index contributed by atoms with van der Waals surface area (Å²) in [6.45, 7) is 10.9. The van der Waals surface area contributed by atoms with Crippen molar-refractivity contribution in [1.82, 2.24) is 0 Å². The molecule has 0 radical (unpaired) electrons. The van der Waals surface area contributed by atoms with Gasteiger partial charge in [-0.05, 0) is 62.5 Å². The molecule has 4 nitrogen and oxygen atoms in total. The van der Waals surface area contributed by atoms with Crippen LogP contribution in [0, 0.1) is 11.8 Å². The molecule has 1 aromatic carbocycles. The topological polar surface area (TPSA) is 64.7 Å². The van der Waals surface area contributed by atoms with Gasteiger partial charge in [-0.3, -0.25) is 0 Å². The molecular formula is C23H41NO3. The fourth-order valence-electron chi connectivity index (χ4n) is 3.55. The maximum Gasteiger partial charge on any atom is 0.125 e. The zero-order valence-corrected chi connectivity index (χ0v) is 18.3. The number of benzene rings is 1. The van der Waals surface area contributed by atoms with Crippen LogP contribution < -0.4 is 15.2 Å². The Labute approximate surface area is 166 Å². The Morgan fingerprint density at radius 2 is 1.78 bits per heavy atom. The molecule has 1 rings (SSSR count). The van der Waals surface area contributed by atoms with Crippen LogP contribution in [0.3, 0.4) is 0 Å². The van der Waals surface area contributed by atoms with Crippen LogP contribution in [0.5, 0.6) is 11.5 Å². The van der Waals surface area contributed by atoms with Gasteiger partial charge in [-0.1, -0.05) is 40.2 Å². The van der Waals surface area contributed by atoms with E-state index in [-0.39, 0.29) is 12.7 Å². The van der Waals surface area contributed by atoms with Gasteiger partial charge in [0.05, 0.1) is 19.8 Å². The lowest BCUT2D eigenvalue weighted by atomic mass is 9.85. The molecule has 2 unspecified atom stereocenters. The number of rotatable bonds is 13. The SMILES string of the molecule is COc1cc(OC(C)CCCC(C)C)ccc1CCC(N)(CO)CC(C)C. The third kappa shape index (κ3) is 8.98. The van der Waals surface area contributed by atoms with Crippen LogP contribution in [0.4, 0.5) is 0 Å². The first-order valence-electron chi connectivity index (χ1n) is 10.4. The summed E-state index contributed by atoms with van der Waals surface area (Å²) >= 11 is 0. The molecule has 3 N–H and O–H groups in total. The first-order chi connectivity index (χ1) is 12.7. The van der Waals surface area contributed by atoms with Crippen molar-refractivity contribution in [2.24, 2.45) is 17.6 Å². The van der Waals surface area contributed by atoms with Gasteiger partial charge in [-0.15, -0.1) is 0 Å². The number of aliphatic hydroxyl groups is 1. The van der Waals surface area contributed by atoms with Crippen molar-refractivity contribution in [1.29, 1.82) is 0 Å². The Morgan fingerprint density at radius 1 is 1.07 bits per heavy atom. The van der Waals surface area contributed by atoms with Crippen molar-refractivity contribution in [3.8, 4) is 11.5 Å². The number of ether oxygens (including phenoxy) is 2. The molecule has 0 heterocycles. The minimum Gasteiger partial charge on any atom is -0.496 e. The lowest BCUT2D eigenvalue weighted by molar-refractivity contribution is 0.165. The summed E-state index contributed by atoms with van der Waals surface area (Å²) in [5.74, 6) is 2.86. The molecule has 0 bridgehead atoms. The second-order valence-corrected chi connectivity index (χ2v) is 8.85. The predicted octanol–water partition coefficient (Wildman–Crippen LogP) is 4.96. The molecule has 2 atom stereocenters. The summed E-state index contributed by atoms with van der Waals surface area (Å²) in [5, 5.41) is 9.71. The third-order valence-electron chi connectivity index (χ3n) is 5.01. The van der Waals surface area contributed by atoms with Gasteiger partial charge in [0.1, 0.15) is 11.5 Å². The number of methoxy groups -OCH3 is 1. The standard InChI is InChI=1S/C23H41NO3/c1-17(2)8-7-9-19(5)27-21-11-10-20(22(14-21)26-6)12-13-23(24,16-25)15-18(3)4/h10-11,14,17-19,25H,7-9,12-13,15-16,24H2,1-6H3. The third-order valence-corrected chi connectivity index (χ3v) is 5.01. The van der Waals surface area contributed by atoms with Gasteiger partial charge in [-0.2, -0.15) is 0 Å². The van der Waals surface area contributed by atoms with Crippen LogP contribution in [-0.4, -0.2) is 30.5 Å². The summed E-state index contributed by atoms with van der Waals surface area (Å²) in [4.78, 5) is 0. The Balaban J connectivity index is 2.68. The average Bonchev–Trinajstić information content (AvgIpc) is 2.59. The van der Waals surface area contributed by atoms with E-state index in [0.717, 1.165) is 48.7 Å². The Kier molecular flexibility index (Phi) is 10.2. The van der Waals surface area contributed by atoms with Gasteiger partial charge in [0.15, 0.2) is 0 Å². The van der Waals surface area contributed by atoms with E-state index in [0.29, 0.717) is 5.92 Å². The summed E-state index contributed by atoms with van der Waals surface area (Å²) < 4.78 is 11.6. The highest BCUT2D eigenvalue weighted by Crippen LogP contribution is 2.29. The van der Waals surface area contributed by atoms with Crippen LogP contribution in [0.15, 0.2) is 18.2 Å². The second kappa shape index (κ2) is 11.6. The van der Waals surface area contributed by atoms with E-state index in [1.165, 1.54) is 12.8 Å². The first-order valence-corrected chi connectivity index (χ1v) is 10.4. The average molecular weight is 380 g/mol. The maximum atomic E-state index is 9.71. The van der Waals surface area contributed by atoms with Crippen LogP contribution in [0.1, 0.15) is 72.3 Å². The zero-order valence-electron chi connectivity index (χ0n) is 18.3. The van der Waals surface area contributed by atoms with E-state index >= 15 is 0 Å². The van der Waals surface area contributed by atoms with Crippen LogP contribution in [0.25, 0.3) is 0 Å². The molecule has 156 valence electrons. The first kappa shape index (κ1) is 23.8. The molecule has 27 heavy (non-hydrogen) atoms. The fourth-order valence-corrected chi connectivity index (χ4v) is 3.55. The molecule has 0 saturated heterocycles. The molecule has 1 aromatic rings. The van der Waals surface area contributed by atoms with Crippen LogP contribution in [0.2, 0.25) is 0 Å². The molecule has 0 amide bonds. The smallest absolute Gasteiger partial charge is 0.125 e. The second-order valence-electron chi connectivity index (χ2n) is 8.85. The van der Waals surface area contributed by atoms with Crippen molar-refractivity contribution in [2.75, 3.05) is 13.7 Å². The lowest BCUT2D eigenvalue weighted by Gasteiger charge is -2.29. The molecule has 0 aliphatic carbocycles. The molecule has 0 aliphatic rings. The van der Waals surface area contributed by atoms with Crippen LogP contribution in [-0.2, 0) is 6.42 Å². The van der Waals surface area contributed by atoms with Crippen molar-refractivity contribution >= 4 is 0 Å². The Hall–Kier alpha value is -1.26. The summed E-state index contributed by atoms with van der Waals surface area (Å²) in [5.41, 5.74) is 6.94. The highest BCUT2D eigenvalue weighted by molar-refractivity contribution is 5.41. The van der Waals surface area contributed by atoms with E-state index in [1.54, 1.807) is 7.11 Å². The van der Waals surface area contributed by atoms with Gasteiger partial charge < -0.3 is 20.3 Å². The van der Waals surface area contributed by atoms with Crippen molar-refractivity contribution in [3.63, 3.8) is 0 Å². The summed E-state index contributed by atoms with van der Waals surface area (Å²) in [6, 6.07) is 6.03. The van der Waals surface area contributed by atoms with Gasteiger partial charge in [0.2, 0.25) is 0 Å². The fraction of sp³-hybridized carbons (Fsp3) is 0.739. The molecule has 4 heteroatoms. The Morgan fingerprint density at radius 3 is 2.33 bits per heavy atom. The van der Waals surface area contributed by atoms with Crippen LogP contribution >= 0.6 is 0 Å². The van der Waals surface area contributed by atoms with Crippen molar-refractivity contribution < 1.29 is 14.6 Å². The summed E-state index contributed by atoms with van der Waals surface area (Å²) in [6.07, 6.45) is 5.98. The largest absolute Gasteiger partial charge is 0.496 e. The minimum atomic E-state index is -0.542. The predicted molar refractivity (Wildman–Crippen MR) is 114 cm³/mol. The normalized spacial score (nSPS) is 15.0. The molecule has 0 saturated carbocycles. The quantitative estimate of drug-likeness (QED) is 0.508. The van der Waals surface area contributed by atoms with Gasteiger partial charge in [0.25, 0.3) is 0 Å². The van der Waals surface area contributed by atoms with E-state index < -0.39 is 5.54 Å². The van der Waals surface area contributed by atoms with E-state index in [2.05, 4.69) is 40.7 Å². The molecule has 0 aliphatic heterocycles. The molecule has 0 aromatic heterocycles. The molecular weight excluding hydrogens is 338 g/mol. The van der Waals surface area contributed by atoms with E-state index in [1.807, 2.05) is 12.1 Å².